The molecule has 2 aromatic heterocycles. The Morgan fingerprint density at radius 3 is 2.94 bits per heavy atom. The fourth-order valence-corrected chi connectivity index (χ4v) is 5.82. The smallest absolute Gasteiger partial charge is 0.304 e. The molecule has 0 spiro atoms. The van der Waals surface area contributed by atoms with E-state index < -0.39 is 5.97 Å². The average molecular weight is 488 g/mol. The molecule has 5 rings (SSSR count). The number of nitrogens with one attached hydrogen (secondary N) is 1. The summed E-state index contributed by atoms with van der Waals surface area (Å²) in [6.45, 7) is 5.84. The van der Waals surface area contributed by atoms with Crippen LogP contribution in [0.4, 0.5) is 5.82 Å². The van der Waals surface area contributed by atoms with Crippen molar-refractivity contribution in [2.75, 3.05) is 31.5 Å². The normalized spacial score (nSPS) is 18.6. The van der Waals surface area contributed by atoms with Gasteiger partial charge in [0.25, 0.3) is 0 Å². The van der Waals surface area contributed by atoms with Crippen molar-refractivity contribution < 1.29 is 9.90 Å². The number of hydrogen-bond acceptors (Lipinski definition) is 5. The van der Waals surface area contributed by atoms with E-state index in [9.17, 15) is 9.90 Å². The molecular weight excluding hydrogens is 450 g/mol. The molecular formula is C29H37N5O2. The third-order valence-corrected chi connectivity index (χ3v) is 7.69. The number of nitrogens with zero attached hydrogens (tertiary/aromatic N) is 4. The van der Waals surface area contributed by atoms with Crippen molar-refractivity contribution in [3.63, 3.8) is 0 Å². The van der Waals surface area contributed by atoms with Crippen LogP contribution in [0.1, 0.15) is 54.1 Å². The largest absolute Gasteiger partial charge is 0.481 e. The molecule has 0 amide bonds. The zero-order valence-corrected chi connectivity index (χ0v) is 21.4. The number of carbonyl (C=O) groups is 1. The number of aromatic nitrogens is 3. The highest BCUT2D eigenvalue weighted by Crippen LogP contribution is 2.30. The lowest BCUT2D eigenvalue weighted by atomic mass is 9.93. The molecule has 190 valence electrons. The van der Waals surface area contributed by atoms with E-state index in [1.807, 2.05) is 24.7 Å². The molecule has 4 heterocycles. The van der Waals surface area contributed by atoms with Gasteiger partial charge in [-0.05, 0) is 80.8 Å². The summed E-state index contributed by atoms with van der Waals surface area (Å²) < 4.78 is 1.89. The summed E-state index contributed by atoms with van der Waals surface area (Å²) in [5.41, 5.74) is 6.71. The first kappa shape index (κ1) is 24.5. The van der Waals surface area contributed by atoms with Crippen molar-refractivity contribution >= 4 is 11.8 Å². The summed E-state index contributed by atoms with van der Waals surface area (Å²) in [5, 5.41) is 17.6. The molecule has 1 fully saturated rings. The van der Waals surface area contributed by atoms with E-state index in [1.54, 1.807) is 0 Å². The lowest BCUT2D eigenvalue weighted by Gasteiger charge is -2.24. The van der Waals surface area contributed by atoms with Crippen LogP contribution in [-0.2, 0) is 24.7 Å². The number of aryl methyl sites for hydroxylation is 4. The zero-order valence-electron chi connectivity index (χ0n) is 21.4. The molecule has 0 unspecified atom stereocenters. The molecule has 2 N–H and O–H groups in total. The van der Waals surface area contributed by atoms with Gasteiger partial charge in [-0.25, -0.2) is 4.98 Å². The van der Waals surface area contributed by atoms with Gasteiger partial charge in [-0.3, -0.25) is 9.48 Å². The predicted molar refractivity (Wildman–Crippen MR) is 142 cm³/mol. The standard InChI is InChI=1S/C29H37N5O2/c1-20-15-27(33(2)32-20)24-6-3-5-23(16-24)25(17-28(35)36)19-34-14-12-21(18-34)8-10-26-11-9-22-7-4-13-30-29(22)31-26/h3,5-6,9,11,15-16,21,25H,4,7-8,10,12-14,17-19H2,1-2H3,(H,30,31)(H,35,36)/t21-,25-/m1/s1. The molecule has 0 radical (unpaired) electrons. The highest BCUT2D eigenvalue weighted by Gasteiger charge is 2.27. The Labute approximate surface area is 213 Å². The Kier molecular flexibility index (Phi) is 7.37. The molecule has 7 nitrogen and oxygen atoms in total. The number of aliphatic carboxylic acids is 1. The fraction of sp³-hybridized carbons (Fsp3) is 0.483. The van der Waals surface area contributed by atoms with Gasteiger partial charge in [-0.2, -0.15) is 5.10 Å². The van der Waals surface area contributed by atoms with Crippen LogP contribution in [-0.4, -0.2) is 56.9 Å². The number of fused-ring (bicyclic) bond motifs is 1. The number of likely N-dealkylation sites (tertiary alicyclic amines) is 1. The first-order chi connectivity index (χ1) is 17.4. The number of hydrogen-bond donors (Lipinski definition) is 2. The molecule has 2 aliphatic heterocycles. The van der Waals surface area contributed by atoms with Crippen LogP contribution in [0.5, 0.6) is 0 Å². The van der Waals surface area contributed by atoms with Crippen LogP contribution in [0.3, 0.4) is 0 Å². The summed E-state index contributed by atoms with van der Waals surface area (Å²) in [5.74, 6) is 0.922. The first-order valence-electron chi connectivity index (χ1n) is 13.2. The first-order valence-corrected chi connectivity index (χ1v) is 13.2. The molecule has 2 aliphatic rings. The second-order valence-corrected chi connectivity index (χ2v) is 10.5. The summed E-state index contributed by atoms with van der Waals surface area (Å²) in [6.07, 6.45) is 5.73. The molecule has 36 heavy (non-hydrogen) atoms. The van der Waals surface area contributed by atoms with E-state index in [0.29, 0.717) is 5.92 Å². The third kappa shape index (κ3) is 5.78. The highest BCUT2D eigenvalue weighted by atomic mass is 16.4. The van der Waals surface area contributed by atoms with Crippen molar-refractivity contribution in [3.05, 3.63) is 65.0 Å². The summed E-state index contributed by atoms with van der Waals surface area (Å²) in [4.78, 5) is 19.1. The van der Waals surface area contributed by atoms with Crippen LogP contribution >= 0.6 is 0 Å². The summed E-state index contributed by atoms with van der Waals surface area (Å²) in [6, 6.07) is 14.8. The second kappa shape index (κ2) is 10.8. The van der Waals surface area contributed by atoms with Crippen LogP contribution in [0, 0.1) is 12.8 Å². The van der Waals surface area contributed by atoms with E-state index in [1.165, 1.54) is 17.7 Å². The Balaban J connectivity index is 1.21. The number of anilines is 1. The maximum atomic E-state index is 11.8. The van der Waals surface area contributed by atoms with E-state index in [2.05, 4.69) is 51.7 Å². The quantitative estimate of drug-likeness (QED) is 0.457. The monoisotopic (exact) mass is 487 g/mol. The molecule has 0 aliphatic carbocycles. The molecule has 2 atom stereocenters. The molecule has 7 heteroatoms. The second-order valence-electron chi connectivity index (χ2n) is 10.5. The van der Waals surface area contributed by atoms with Crippen LogP contribution in [0.2, 0.25) is 0 Å². The van der Waals surface area contributed by atoms with E-state index in [-0.39, 0.29) is 12.3 Å². The van der Waals surface area contributed by atoms with E-state index >= 15 is 0 Å². The molecule has 0 bridgehead atoms. The molecule has 1 aromatic carbocycles. The lowest BCUT2D eigenvalue weighted by Crippen LogP contribution is -2.28. The number of rotatable bonds is 9. The van der Waals surface area contributed by atoms with Gasteiger partial charge in [0.1, 0.15) is 5.82 Å². The van der Waals surface area contributed by atoms with Crippen LogP contribution < -0.4 is 5.32 Å². The summed E-state index contributed by atoms with van der Waals surface area (Å²) in [7, 11) is 1.95. The van der Waals surface area contributed by atoms with Crippen LogP contribution in [0.15, 0.2) is 42.5 Å². The van der Waals surface area contributed by atoms with E-state index in [0.717, 1.165) is 80.2 Å². The van der Waals surface area contributed by atoms with Crippen molar-refractivity contribution in [3.8, 4) is 11.3 Å². The zero-order chi connectivity index (χ0) is 25.1. The van der Waals surface area contributed by atoms with E-state index in [4.69, 9.17) is 4.98 Å². The SMILES string of the molecule is Cc1cc(-c2cccc([C@H](CC(=O)O)CN3CC[C@@H](CCc4ccc5c(n4)NCCC5)C3)c2)n(C)n1. The van der Waals surface area contributed by atoms with Gasteiger partial charge in [0.05, 0.1) is 17.8 Å². The minimum absolute atomic E-state index is 0.0380. The van der Waals surface area contributed by atoms with Crippen molar-refractivity contribution in [2.24, 2.45) is 13.0 Å². The lowest BCUT2D eigenvalue weighted by molar-refractivity contribution is -0.137. The predicted octanol–water partition coefficient (Wildman–Crippen LogP) is 4.66. The maximum Gasteiger partial charge on any atom is 0.304 e. The summed E-state index contributed by atoms with van der Waals surface area (Å²) >= 11 is 0. The van der Waals surface area contributed by atoms with Gasteiger partial charge in [-0.15, -0.1) is 0 Å². The van der Waals surface area contributed by atoms with Crippen molar-refractivity contribution in [2.45, 2.75) is 51.4 Å². The van der Waals surface area contributed by atoms with Gasteiger partial charge < -0.3 is 15.3 Å². The van der Waals surface area contributed by atoms with Crippen molar-refractivity contribution in [1.29, 1.82) is 0 Å². The number of carboxylic acid groups (broad SMARTS) is 1. The van der Waals surface area contributed by atoms with Gasteiger partial charge >= 0.3 is 5.97 Å². The van der Waals surface area contributed by atoms with Crippen molar-refractivity contribution in [1.82, 2.24) is 19.7 Å². The number of benzene rings is 1. The minimum atomic E-state index is -0.746. The maximum absolute atomic E-state index is 11.8. The highest BCUT2D eigenvalue weighted by molar-refractivity contribution is 5.68. The Bertz CT molecular complexity index is 1220. The van der Waals surface area contributed by atoms with Gasteiger partial charge in [0.15, 0.2) is 0 Å². The van der Waals surface area contributed by atoms with Gasteiger partial charge in [0, 0.05) is 43.9 Å². The van der Waals surface area contributed by atoms with Gasteiger partial charge in [0.2, 0.25) is 0 Å². The molecule has 1 saturated heterocycles. The third-order valence-electron chi connectivity index (χ3n) is 7.69. The van der Waals surface area contributed by atoms with Gasteiger partial charge in [-0.1, -0.05) is 24.3 Å². The Hall–Kier alpha value is -3.19. The Morgan fingerprint density at radius 2 is 2.14 bits per heavy atom. The minimum Gasteiger partial charge on any atom is -0.481 e. The molecule has 3 aromatic rings. The number of carboxylic acids is 1. The fourth-order valence-electron chi connectivity index (χ4n) is 5.82. The van der Waals surface area contributed by atoms with Crippen LogP contribution in [0.25, 0.3) is 11.3 Å². The number of pyridine rings is 1. The Morgan fingerprint density at radius 1 is 1.25 bits per heavy atom. The topological polar surface area (TPSA) is 83.3 Å². The molecule has 0 saturated carbocycles. The average Bonchev–Trinajstić information content (AvgIpc) is 3.47.